The second-order valence-corrected chi connectivity index (χ2v) is 9.94. The molecule has 3 atom stereocenters. The molecule has 0 spiro atoms. The van der Waals surface area contributed by atoms with E-state index in [-0.39, 0.29) is 17.2 Å². The lowest BCUT2D eigenvalue weighted by Gasteiger charge is -2.43. The zero-order chi connectivity index (χ0) is 26.0. The summed E-state index contributed by atoms with van der Waals surface area (Å²) in [5.41, 5.74) is 7.78. The van der Waals surface area contributed by atoms with Crippen molar-refractivity contribution in [1.29, 1.82) is 5.41 Å². The standard InChI is InChI=1S/C27H34N6O3/c1-16-7-4-8-17(2)32(16)18(3)9-5-12-21-23(33(35)36)14-13-22-25(21)31-27(34)24(30-22)19-10-6-11-20(15-19)26(28)29/h6,10-11,13-18H,4-5,7-9,12H2,1-3H3,(H3,28,29)(H,31,34). The van der Waals surface area contributed by atoms with E-state index in [2.05, 4.69) is 35.6 Å². The molecule has 190 valence electrons. The number of piperidine rings is 1. The van der Waals surface area contributed by atoms with Crippen molar-refractivity contribution in [1.82, 2.24) is 14.9 Å². The summed E-state index contributed by atoms with van der Waals surface area (Å²) in [6, 6.07) is 11.3. The van der Waals surface area contributed by atoms with Crippen LogP contribution in [-0.2, 0) is 6.42 Å². The molecule has 0 saturated carbocycles. The predicted molar refractivity (Wildman–Crippen MR) is 142 cm³/mol. The van der Waals surface area contributed by atoms with Crippen LogP contribution in [0, 0.1) is 15.5 Å². The van der Waals surface area contributed by atoms with Crippen LogP contribution in [0.3, 0.4) is 0 Å². The van der Waals surface area contributed by atoms with Gasteiger partial charge < -0.3 is 10.7 Å². The molecule has 4 rings (SSSR count). The number of hydrogen-bond donors (Lipinski definition) is 3. The second kappa shape index (κ2) is 10.6. The number of fused-ring (bicyclic) bond motifs is 1. The average molecular weight is 491 g/mol. The van der Waals surface area contributed by atoms with Crippen LogP contribution >= 0.6 is 0 Å². The number of hydrogen-bond acceptors (Lipinski definition) is 6. The van der Waals surface area contributed by atoms with Gasteiger partial charge in [0.1, 0.15) is 11.5 Å². The predicted octanol–water partition coefficient (Wildman–Crippen LogP) is 4.76. The number of nitrogen functional groups attached to an aromatic ring is 1. The maximum absolute atomic E-state index is 13.0. The summed E-state index contributed by atoms with van der Waals surface area (Å²) in [7, 11) is 0. The van der Waals surface area contributed by atoms with Gasteiger partial charge in [0, 0.05) is 35.3 Å². The molecular weight excluding hydrogens is 456 g/mol. The molecule has 1 aliphatic heterocycles. The fraction of sp³-hybridized carbons (Fsp3) is 0.444. The number of likely N-dealkylation sites (tertiary alicyclic amines) is 1. The number of aromatic nitrogens is 2. The Kier molecular flexibility index (Phi) is 7.49. The van der Waals surface area contributed by atoms with Gasteiger partial charge in [-0.3, -0.25) is 25.2 Å². The lowest BCUT2D eigenvalue weighted by molar-refractivity contribution is -0.385. The third kappa shape index (κ3) is 5.16. The van der Waals surface area contributed by atoms with Gasteiger partial charge in [-0.2, -0.15) is 0 Å². The first-order valence-corrected chi connectivity index (χ1v) is 12.6. The molecular formula is C27H34N6O3. The van der Waals surface area contributed by atoms with E-state index < -0.39 is 10.5 Å². The highest BCUT2D eigenvalue weighted by atomic mass is 16.6. The lowest BCUT2D eigenvalue weighted by atomic mass is 9.93. The van der Waals surface area contributed by atoms with Crippen LogP contribution in [0.15, 0.2) is 41.2 Å². The number of benzene rings is 2. The van der Waals surface area contributed by atoms with E-state index in [1.54, 1.807) is 30.3 Å². The molecule has 3 unspecified atom stereocenters. The summed E-state index contributed by atoms with van der Waals surface area (Å²) in [6.07, 6.45) is 5.82. The molecule has 9 heteroatoms. The molecule has 9 nitrogen and oxygen atoms in total. The smallest absolute Gasteiger partial charge is 0.274 e. The van der Waals surface area contributed by atoms with E-state index in [0.29, 0.717) is 52.3 Å². The minimum Gasteiger partial charge on any atom is -0.384 e. The van der Waals surface area contributed by atoms with Crippen LogP contribution < -0.4 is 11.3 Å². The van der Waals surface area contributed by atoms with Crippen LogP contribution in [0.4, 0.5) is 5.69 Å². The van der Waals surface area contributed by atoms with Gasteiger partial charge >= 0.3 is 0 Å². The average Bonchev–Trinajstić information content (AvgIpc) is 2.83. The first-order chi connectivity index (χ1) is 17.2. The van der Waals surface area contributed by atoms with Crippen LogP contribution in [0.2, 0.25) is 0 Å². The summed E-state index contributed by atoms with van der Waals surface area (Å²) >= 11 is 0. The number of nitrogens with two attached hydrogens (primary N) is 1. The molecule has 1 aliphatic rings. The Balaban J connectivity index is 1.64. The Labute approximate surface area is 210 Å². The Bertz CT molecular complexity index is 1340. The maximum Gasteiger partial charge on any atom is 0.274 e. The normalized spacial score (nSPS) is 19.3. The number of aryl methyl sites for hydroxylation is 1. The van der Waals surface area contributed by atoms with Crippen molar-refractivity contribution in [3.63, 3.8) is 0 Å². The number of nitrogens with zero attached hydrogens (tertiary/aromatic N) is 3. The Morgan fingerprint density at radius 3 is 2.67 bits per heavy atom. The van der Waals surface area contributed by atoms with Gasteiger partial charge in [-0.05, 0) is 65.0 Å². The summed E-state index contributed by atoms with van der Waals surface area (Å²) < 4.78 is 0. The van der Waals surface area contributed by atoms with Gasteiger partial charge in [-0.15, -0.1) is 0 Å². The minimum absolute atomic E-state index is 0.00126. The Hall–Kier alpha value is -3.59. The molecule has 36 heavy (non-hydrogen) atoms. The van der Waals surface area contributed by atoms with E-state index in [4.69, 9.17) is 11.1 Å². The summed E-state index contributed by atoms with van der Waals surface area (Å²) in [4.78, 5) is 34.5. The van der Waals surface area contributed by atoms with Gasteiger partial charge in [0.15, 0.2) is 0 Å². The van der Waals surface area contributed by atoms with Gasteiger partial charge in [-0.25, -0.2) is 4.98 Å². The van der Waals surface area contributed by atoms with Crippen molar-refractivity contribution < 1.29 is 4.92 Å². The van der Waals surface area contributed by atoms with Crippen molar-refractivity contribution in [2.75, 3.05) is 0 Å². The third-order valence-corrected chi connectivity index (χ3v) is 7.42. The van der Waals surface area contributed by atoms with Gasteiger partial charge in [0.25, 0.3) is 11.2 Å². The van der Waals surface area contributed by atoms with E-state index in [1.807, 2.05) is 0 Å². The number of aromatic amines is 1. The highest BCUT2D eigenvalue weighted by molar-refractivity contribution is 5.96. The minimum atomic E-state index is -0.436. The van der Waals surface area contributed by atoms with E-state index in [0.717, 1.165) is 12.8 Å². The molecule has 2 aromatic carbocycles. The summed E-state index contributed by atoms with van der Waals surface area (Å²) in [5.74, 6) is -0.102. The number of amidine groups is 1. The highest BCUT2D eigenvalue weighted by Crippen LogP contribution is 2.30. The molecule has 1 aromatic heterocycles. The number of rotatable bonds is 8. The quantitative estimate of drug-likeness (QED) is 0.180. The molecule has 0 aliphatic carbocycles. The number of nitro benzene ring substituents is 1. The molecule has 0 bridgehead atoms. The van der Waals surface area contributed by atoms with E-state index >= 15 is 0 Å². The molecule has 3 aromatic rings. The monoisotopic (exact) mass is 490 g/mol. The number of nitrogens with one attached hydrogen (secondary N) is 2. The fourth-order valence-corrected chi connectivity index (χ4v) is 5.69. The molecule has 4 N–H and O–H groups in total. The SMILES string of the molecule is CC(CCCc1c([N+](=O)[O-])ccc2nc(-c3cccc(C(=N)N)c3)c(=O)[nH]c12)N1C(C)CCCC1C. The lowest BCUT2D eigenvalue weighted by Crippen LogP contribution is -2.48. The number of H-pyrrole nitrogens is 1. The largest absolute Gasteiger partial charge is 0.384 e. The highest BCUT2D eigenvalue weighted by Gasteiger charge is 2.28. The zero-order valence-corrected chi connectivity index (χ0v) is 21.1. The number of nitro groups is 1. The van der Waals surface area contributed by atoms with Crippen LogP contribution in [0.5, 0.6) is 0 Å². The maximum atomic E-state index is 13.0. The van der Waals surface area contributed by atoms with Gasteiger partial charge in [-0.1, -0.05) is 24.6 Å². The van der Waals surface area contributed by atoms with Gasteiger partial charge in [0.2, 0.25) is 0 Å². The topological polar surface area (TPSA) is 142 Å². The Morgan fingerprint density at radius 2 is 2.00 bits per heavy atom. The molecule has 1 saturated heterocycles. The Morgan fingerprint density at radius 1 is 1.28 bits per heavy atom. The molecule has 1 fully saturated rings. The fourth-order valence-electron chi connectivity index (χ4n) is 5.69. The first-order valence-electron chi connectivity index (χ1n) is 12.6. The zero-order valence-electron chi connectivity index (χ0n) is 21.1. The van der Waals surface area contributed by atoms with Crippen LogP contribution in [-0.4, -0.2) is 43.8 Å². The van der Waals surface area contributed by atoms with Crippen molar-refractivity contribution >= 4 is 22.6 Å². The molecule has 0 amide bonds. The van der Waals surface area contributed by atoms with Crippen molar-refractivity contribution in [2.24, 2.45) is 5.73 Å². The third-order valence-electron chi connectivity index (χ3n) is 7.42. The van der Waals surface area contributed by atoms with E-state index in [1.165, 1.54) is 25.3 Å². The van der Waals surface area contributed by atoms with Crippen LogP contribution in [0.25, 0.3) is 22.3 Å². The van der Waals surface area contributed by atoms with Crippen LogP contribution in [0.1, 0.15) is 64.0 Å². The van der Waals surface area contributed by atoms with E-state index in [9.17, 15) is 14.9 Å². The molecule has 0 radical (unpaired) electrons. The van der Waals surface area contributed by atoms with Crippen molar-refractivity contribution in [3.05, 3.63) is 68.0 Å². The first kappa shape index (κ1) is 25.5. The summed E-state index contributed by atoms with van der Waals surface area (Å²) in [5, 5.41) is 19.5. The molecule has 2 heterocycles. The van der Waals surface area contributed by atoms with Gasteiger partial charge in [0.05, 0.1) is 21.5 Å². The van der Waals surface area contributed by atoms with Crippen molar-refractivity contribution in [2.45, 2.75) is 77.4 Å². The second-order valence-electron chi connectivity index (χ2n) is 9.94. The summed E-state index contributed by atoms with van der Waals surface area (Å²) in [6.45, 7) is 6.80. The van der Waals surface area contributed by atoms with Crippen molar-refractivity contribution in [3.8, 4) is 11.3 Å².